The summed E-state index contributed by atoms with van der Waals surface area (Å²) in [4.78, 5) is 25.2. The first-order valence-electron chi connectivity index (χ1n) is 12.9. The Bertz CT molecular complexity index is 1510. The number of nitrogens with one attached hydrogen (secondary N) is 2. The number of H-pyrrole nitrogens is 1. The molecule has 4 fully saturated rings. The summed E-state index contributed by atoms with van der Waals surface area (Å²) in [6.45, 7) is 0. The summed E-state index contributed by atoms with van der Waals surface area (Å²) in [5.74, 6) is 2.34. The Balaban J connectivity index is 1.12. The van der Waals surface area contributed by atoms with E-state index in [4.69, 9.17) is 0 Å². The first-order chi connectivity index (χ1) is 17.5. The third-order valence-electron chi connectivity index (χ3n) is 8.81. The Hall–Kier alpha value is -3.74. The van der Waals surface area contributed by atoms with Crippen LogP contribution in [0.2, 0.25) is 0 Å². The molecular formula is C29H29N5O2. The second-order valence-corrected chi connectivity index (χ2v) is 11.2. The van der Waals surface area contributed by atoms with Crippen LogP contribution in [-0.4, -0.2) is 25.9 Å². The van der Waals surface area contributed by atoms with Gasteiger partial charge in [0.1, 0.15) is 0 Å². The summed E-state index contributed by atoms with van der Waals surface area (Å²) >= 11 is 0. The molecule has 4 aliphatic rings. The molecule has 0 spiro atoms. The zero-order valence-corrected chi connectivity index (χ0v) is 20.3. The van der Waals surface area contributed by atoms with E-state index in [2.05, 4.69) is 20.6 Å². The molecule has 4 saturated carbocycles. The highest BCUT2D eigenvalue weighted by Gasteiger charge is 2.52. The Labute approximate surface area is 208 Å². The van der Waals surface area contributed by atoms with Gasteiger partial charge in [-0.2, -0.15) is 10.2 Å². The number of benzene rings is 2. The van der Waals surface area contributed by atoms with Gasteiger partial charge in [-0.3, -0.25) is 14.3 Å². The van der Waals surface area contributed by atoms with Gasteiger partial charge in [0.2, 0.25) is 0 Å². The van der Waals surface area contributed by atoms with Gasteiger partial charge in [-0.05, 0) is 80.5 Å². The summed E-state index contributed by atoms with van der Waals surface area (Å²) < 4.78 is 1.96. The van der Waals surface area contributed by atoms with Gasteiger partial charge in [-0.25, -0.2) is 5.10 Å². The molecule has 8 rings (SSSR count). The Morgan fingerprint density at radius 2 is 1.61 bits per heavy atom. The number of aryl methyl sites for hydroxylation is 1. The van der Waals surface area contributed by atoms with Crippen molar-refractivity contribution in [1.29, 1.82) is 0 Å². The van der Waals surface area contributed by atoms with Crippen molar-refractivity contribution < 1.29 is 4.79 Å². The molecule has 7 nitrogen and oxygen atoms in total. The van der Waals surface area contributed by atoms with Crippen LogP contribution in [0.4, 0.5) is 5.69 Å². The Morgan fingerprint density at radius 1 is 0.972 bits per heavy atom. The fourth-order valence-corrected chi connectivity index (χ4v) is 7.74. The monoisotopic (exact) mass is 479 g/mol. The average Bonchev–Trinajstić information content (AvgIpc) is 3.27. The predicted octanol–water partition coefficient (Wildman–Crippen LogP) is 5.04. The number of fused-ring (bicyclic) bond motifs is 1. The number of hydrogen-bond acceptors (Lipinski definition) is 4. The molecule has 2 aromatic heterocycles. The van der Waals surface area contributed by atoms with Gasteiger partial charge in [0, 0.05) is 34.8 Å². The first kappa shape index (κ1) is 21.5. The second kappa shape index (κ2) is 7.88. The average molecular weight is 480 g/mol. The number of carbonyl (C=O) groups excluding carboxylic acids is 1. The number of aromatic nitrogens is 4. The van der Waals surface area contributed by atoms with Crippen LogP contribution in [0.25, 0.3) is 22.0 Å². The summed E-state index contributed by atoms with van der Waals surface area (Å²) in [5.41, 5.74) is 3.96. The van der Waals surface area contributed by atoms with Crippen molar-refractivity contribution in [2.24, 2.45) is 24.8 Å². The molecule has 36 heavy (non-hydrogen) atoms. The highest BCUT2D eigenvalue weighted by Crippen LogP contribution is 2.60. The molecule has 2 heterocycles. The van der Waals surface area contributed by atoms with Gasteiger partial charge in [0.05, 0.1) is 11.1 Å². The highest BCUT2D eigenvalue weighted by molar-refractivity contribution is 6.03. The van der Waals surface area contributed by atoms with Gasteiger partial charge >= 0.3 is 0 Å². The summed E-state index contributed by atoms with van der Waals surface area (Å²) in [7, 11) is 1.99. The fraction of sp³-hybridized carbons (Fsp3) is 0.379. The molecule has 2 aromatic carbocycles. The minimum absolute atomic E-state index is 0.193. The Kier molecular flexibility index (Phi) is 4.72. The summed E-state index contributed by atoms with van der Waals surface area (Å²) in [5, 5.41) is 15.9. The number of amides is 1. The SMILES string of the molecule is Cn1nc(C(=O)Nc2ccc(-c3n[nH]c(=O)c4ccccc34)cc2)cc1C12CC3CC(CC(C3)C1)C2. The lowest BCUT2D eigenvalue weighted by Gasteiger charge is -2.56. The van der Waals surface area contributed by atoms with Gasteiger partial charge in [0.25, 0.3) is 11.5 Å². The van der Waals surface area contributed by atoms with E-state index in [-0.39, 0.29) is 16.9 Å². The molecule has 4 aliphatic carbocycles. The van der Waals surface area contributed by atoms with Crippen LogP contribution in [0.5, 0.6) is 0 Å². The lowest BCUT2D eigenvalue weighted by Crippen LogP contribution is -2.49. The van der Waals surface area contributed by atoms with E-state index in [1.807, 2.05) is 60.3 Å². The maximum atomic E-state index is 13.1. The van der Waals surface area contributed by atoms with Crippen molar-refractivity contribution in [3.8, 4) is 11.3 Å². The van der Waals surface area contributed by atoms with Crippen LogP contribution >= 0.6 is 0 Å². The fourth-order valence-electron chi connectivity index (χ4n) is 7.74. The van der Waals surface area contributed by atoms with E-state index >= 15 is 0 Å². The summed E-state index contributed by atoms with van der Waals surface area (Å²) in [6.07, 6.45) is 7.91. The van der Waals surface area contributed by atoms with Crippen molar-refractivity contribution in [1.82, 2.24) is 20.0 Å². The zero-order chi connectivity index (χ0) is 24.4. The lowest BCUT2D eigenvalue weighted by molar-refractivity contribution is -0.00887. The minimum Gasteiger partial charge on any atom is -0.321 e. The van der Waals surface area contributed by atoms with Gasteiger partial charge < -0.3 is 5.32 Å². The molecule has 0 radical (unpaired) electrons. The number of rotatable bonds is 4. The second-order valence-electron chi connectivity index (χ2n) is 11.2. The topological polar surface area (TPSA) is 92.7 Å². The molecule has 7 heteroatoms. The number of anilines is 1. The van der Waals surface area contributed by atoms with Gasteiger partial charge in [-0.1, -0.05) is 30.3 Å². The smallest absolute Gasteiger partial charge is 0.276 e. The minimum atomic E-state index is -0.207. The van der Waals surface area contributed by atoms with Crippen LogP contribution in [0, 0.1) is 17.8 Å². The predicted molar refractivity (Wildman–Crippen MR) is 139 cm³/mol. The van der Waals surface area contributed by atoms with Crippen LogP contribution in [0.15, 0.2) is 59.4 Å². The number of carbonyl (C=O) groups is 1. The van der Waals surface area contributed by atoms with Crippen molar-refractivity contribution in [2.45, 2.75) is 43.9 Å². The number of aromatic amines is 1. The third-order valence-corrected chi connectivity index (χ3v) is 8.81. The number of hydrogen-bond donors (Lipinski definition) is 2. The molecule has 0 saturated heterocycles. The van der Waals surface area contributed by atoms with Gasteiger partial charge in [-0.15, -0.1) is 0 Å². The molecule has 0 atom stereocenters. The molecule has 0 aliphatic heterocycles. The molecule has 4 bridgehead atoms. The standard InChI is InChI=1S/C29H29N5O2/c1-34-25(29-14-17-10-18(15-29)12-19(11-17)16-29)13-24(33-34)28(36)30-21-8-6-20(7-9-21)26-22-4-2-3-5-23(22)27(35)32-31-26/h2-9,13,17-19H,10-12,14-16H2,1H3,(H,30,36)(H,32,35). The van der Waals surface area contributed by atoms with E-state index in [0.29, 0.717) is 22.5 Å². The quantitative estimate of drug-likeness (QED) is 0.429. The molecule has 0 unspecified atom stereocenters. The normalized spacial score (nSPS) is 26.4. The van der Waals surface area contributed by atoms with Crippen molar-refractivity contribution in [3.05, 3.63) is 76.3 Å². The molecule has 4 aromatic rings. The largest absolute Gasteiger partial charge is 0.321 e. The summed E-state index contributed by atoms with van der Waals surface area (Å²) in [6, 6.07) is 17.0. The molecule has 182 valence electrons. The highest BCUT2D eigenvalue weighted by atomic mass is 16.2. The molecule has 1 amide bonds. The van der Waals surface area contributed by atoms with E-state index < -0.39 is 0 Å². The van der Waals surface area contributed by atoms with E-state index in [1.165, 1.54) is 44.2 Å². The molecule has 2 N–H and O–H groups in total. The van der Waals surface area contributed by atoms with E-state index in [9.17, 15) is 9.59 Å². The van der Waals surface area contributed by atoms with E-state index in [0.717, 1.165) is 28.7 Å². The van der Waals surface area contributed by atoms with Gasteiger partial charge in [0.15, 0.2) is 5.69 Å². The molecular weight excluding hydrogens is 450 g/mol. The van der Waals surface area contributed by atoms with Crippen molar-refractivity contribution in [3.63, 3.8) is 0 Å². The van der Waals surface area contributed by atoms with Crippen LogP contribution in [0.1, 0.15) is 54.7 Å². The maximum absolute atomic E-state index is 13.1. The van der Waals surface area contributed by atoms with E-state index in [1.54, 1.807) is 6.07 Å². The lowest BCUT2D eigenvalue weighted by atomic mass is 9.49. The maximum Gasteiger partial charge on any atom is 0.276 e. The van der Waals surface area contributed by atoms with Crippen LogP contribution < -0.4 is 10.9 Å². The Morgan fingerprint density at radius 3 is 2.28 bits per heavy atom. The van der Waals surface area contributed by atoms with Crippen molar-refractivity contribution >= 4 is 22.4 Å². The van der Waals surface area contributed by atoms with Crippen LogP contribution in [-0.2, 0) is 12.5 Å². The van der Waals surface area contributed by atoms with Crippen LogP contribution in [0.3, 0.4) is 0 Å². The third kappa shape index (κ3) is 3.40. The number of nitrogens with zero attached hydrogens (tertiary/aromatic N) is 3. The zero-order valence-electron chi connectivity index (χ0n) is 20.3. The first-order valence-corrected chi connectivity index (χ1v) is 12.9. The van der Waals surface area contributed by atoms with Crippen molar-refractivity contribution in [2.75, 3.05) is 5.32 Å².